The fraction of sp³-hybridized carbons (Fsp3) is 0.333. The van der Waals surface area contributed by atoms with Crippen molar-refractivity contribution in [3.05, 3.63) is 65.2 Å². The first-order valence-electron chi connectivity index (χ1n) is 8.57. The summed E-state index contributed by atoms with van der Waals surface area (Å²) in [5, 5.41) is 13.4. The Kier molecular flexibility index (Phi) is 4.62. The maximum absolute atomic E-state index is 12.2. The van der Waals surface area contributed by atoms with E-state index in [1.807, 2.05) is 6.07 Å². The van der Waals surface area contributed by atoms with E-state index in [1.165, 1.54) is 17.3 Å². The van der Waals surface area contributed by atoms with Gasteiger partial charge in [0.2, 0.25) is 5.91 Å². The second-order valence-corrected chi connectivity index (χ2v) is 7.65. The van der Waals surface area contributed by atoms with Crippen LogP contribution in [-0.2, 0) is 10.2 Å². The van der Waals surface area contributed by atoms with E-state index in [-0.39, 0.29) is 28.9 Å². The number of amides is 1. The Hall–Kier alpha value is -2.62. The summed E-state index contributed by atoms with van der Waals surface area (Å²) in [6, 6.07) is 15.3. The van der Waals surface area contributed by atoms with Crippen LogP contribution in [0.4, 0.5) is 0 Å². The quantitative estimate of drug-likeness (QED) is 0.656. The van der Waals surface area contributed by atoms with E-state index in [0.717, 1.165) is 12.0 Å². The number of phenolic OH excluding ortho intramolecular Hbond substituents is 1. The second-order valence-electron chi connectivity index (χ2n) is 7.65. The van der Waals surface area contributed by atoms with Gasteiger partial charge in [-0.1, -0.05) is 57.2 Å². The molecule has 1 amide bonds. The molecule has 2 aromatic carbocycles. The zero-order chi connectivity index (χ0) is 18.0. The van der Waals surface area contributed by atoms with Crippen LogP contribution in [0.5, 0.6) is 5.75 Å². The zero-order valence-corrected chi connectivity index (χ0v) is 14.9. The van der Waals surface area contributed by atoms with Crippen molar-refractivity contribution in [3.8, 4) is 5.75 Å². The predicted octanol–water partition coefficient (Wildman–Crippen LogP) is 3.94. The zero-order valence-electron chi connectivity index (χ0n) is 14.9. The highest BCUT2D eigenvalue weighted by molar-refractivity contribution is 5.85. The van der Waals surface area contributed by atoms with Crippen molar-refractivity contribution in [2.75, 3.05) is 0 Å². The van der Waals surface area contributed by atoms with Gasteiger partial charge in [-0.2, -0.15) is 5.10 Å². The number of carbonyl (C=O) groups excluding carboxylic acids is 1. The van der Waals surface area contributed by atoms with Crippen LogP contribution >= 0.6 is 0 Å². The summed E-state index contributed by atoms with van der Waals surface area (Å²) in [5.41, 5.74) is 5.99. The van der Waals surface area contributed by atoms with Crippen molar-refractivity contribution in [2.24, 2.45) is 11.0 Å². The summed E-state index contributed by atoms with van der Waals surface area (Å²) in [5.74, 6) is 0.393. The third-order valence-corrected chi connectivity index (χ3v) is 4.59. The number of benzene rings is 2. The normalized spacial score (nSPS) is 19.8. The SMILES string of the molecule is CC(C)(C)c1ccc([C@H]2C[C@@H]2C(=O)NN=Cc2cccc(O)c2)cc1. The standard InChI is InChI=1S/C21H24N2O2/c1-21(2,3)16-9-7-15(8-10-16)18-12-19(18)20(25)23-22-13-14-5-4-6-17(24)11-14/h4-11,13,18-19,24H,12H2,1-3H3,(H,23,25)/t18-,19+/m1/s1. The molecule has 4 heteroatoms. The van der Waals surface area contributed by atoms with Gasteiger partial charge < -0.3 is 5.11 Å². The highest BCUT2D eigenvalue weighted by Crippen LogP contribution is 2.47. The monoisotopic (exact) mass is 336 g/mol. The second kappa shape index (κ2) is 6.71. The van der Waals surface area contributed by atoms with E-state index in [2.05, 4.69) is 55.6 Å². The third kappa shape index (κ3) is 4.27. The van der Waals surface area contributed by atoms with Crippen LogP contribution in [0.1, 0.15) is 49.8 Å². The minimum Gasteiger partial charge on any atom is -0.508 e. The molecule has 25 heavy (non-hydrogen) atoms. The molecule has 0 unspecified atom stereocenters. The number of nitrogens with zero attached hydrogens (tertiary/aromatic N) is 1. The molecule has 0 spiro atoms. The molecule has 1 fully saturated rings. The van der Waals surface area contributed by atoms with E-state index < -0.39 is 0 Å². The van der Waals surface area contributed by atoms with E-state index in [1.54, 1.807) is 18.2 Å². The third-order valence-electron chi connectivity index (χ3n) is 4.59. The Bertz CT molecular complexity index is 788. The molecule has 3 rings (SSSR count). The van der Waals surface area contributed by atoms with Crippen LogP contribution in [-0.4, -0.2) is 17.2 Å². The molecule has 0 saturated heterocycles. The number of carbonyl (C=O) groups is 1. The van der Waals surface area contributed by atoms with E-state index >= 15 is 0 Å². The first-order chi connectivity index (χ1) is 11.8. The Morgan fingerprint density at radius 2 is 1.92 bits per heavy atom. The molecular weight excluding hydrogens is 312 g/mol. The lowest BCUT2D eigenvalue weighted by atomic mass is 9.86. The van der Waals surface area contributed by atoms with Crippen LogP contribution in [0.25, 0.3) is 0 Å². The molecule has 0 heterocycles. The van der Waals surface area contributed by atoms with Crippen molar-refractivity contribution in [2.45, 2.75) is 38.5 Å². The van der Waals surface area contributed by atoms with Gasteiger partial charge in [0.1, 0.15) is 5.75 Å². The lowest BCUT2D eigenvalue weighted by molar-refractivity contribution is -0.122. The van der Waals surface area contributed by atoms with Crippen LogP contribution in [0.2, 0.25) is 0 Å². The van der Waals surface area contributed by atoms with Gasteiger partial charge in [-0.15, -0.1) is 0 Å². The summed E-state index contributed by atoms with van der Waals surface area (Å²) in [6.07, 6.45) is 2.40. The topological polar surface area (TPSA) is 61.7 Å². The molecule has 1 saturated carbocycles. The minimum atomic E-state index is -0.0544. The summed E-state index contributed by atoms with van der Waals surface area (Å²) >= 11 is 0. The molecule has 2 N–H and O–H groups in total. The number of phenols is 1. The van der Waals surface area contributed by atoms with Gasteiger partial charge in [0.15, 0.2) is 0 Å². The van der Waals surface area contributed by atoms with Crippen molar-refractivity contribution >= 4 is 12.1 Å². The minimum absolute atomic E-state index is 0.0122. The number of hydrazone groups is 1. The average molecular weight is 336 g/mol. The fourth-order valence-electron chi connectivity index (χ4n) is 2.94. The Balaban J connectivity index is 1.55. The van der Waals surface area contributed by atoms with Gasteiger partial charge in [-0.05, 0) is 46.6 Å². The smallest absolute Gasteiger partial charge is 0.243 e. The van der Waals surface area contributed by atoms with Crippen LogP contribution in [0.3, 0.4) is 0 Å². The lowest BCUT2D eigenvalue weighted by Gasteiger charge is -2.19. The Labute approximate surface area is 148 Å². The van der Waals surface area contributed by atoms with Gasteiger partial charge in [-0.25, -0.2) is 5.43 Å². The molecule has 2 aromatic rings. The molecule has 1 aliphatic rings. The largest absolute Gasteiger partial charge is 0.508 e. The van der Waals surface area contributed by atoms with E-state index in [4.69, 9.17) is 0 Å². The van der Waals surface area contributed by atoms with E-state index in [9.17, 15) is 9.90 Å². The van der Waals surface area contributed by atoms with Gasteiger partial charge >= 0.3 is 0 Å². The highest BCUT2D eigenvalue weighted by Gasteiger charge is 2.43. The molecule has 0 radical (unpaired) electrons. The number of hydrogen-bond acceptors (Lipinski definition) is 3. The first-order valence-corrected chi connectivity index (χ1v) is 8.57. The van der Waals surface area contributed by atoms with Crippen molar-refractivity contribution in [1.29, 1.82) is 0 Å². The Morgan fingerprint density at radius 1 is 1.20 bits per heavy atom. The highest BCUT2D eigenvalue weighted by atomic mass is 16.3. The van der Waals surface area contributed by atoms with E-state index in [0.29, 0.717) is 0 Å². The number of nitrogens with one attached hydrogen (secondary N) is 1. The maximum atomic E-state index is 12.2. The molecule has 4 nitrogen and oxygen atoms in total. The van der Waals surface area contributed by atoms with Gasteiger partial charge in [0.05, 0.1) is 6.21 Å². The molecule has 2 atom stereocenters. The fourth-order valence-corrected chi connectivity index (χ4v) is 2.94. The summed E-state index contributed by atoms with van der Waals surface area (Å²) < 4.78 is 0. The molecule has 0 aromatic heterocycles. The van der Waals surface area contributed by atoms with Gasteiger partial charge in [0.25, 0.3) is 0 Å². The van der Waals surface area contributed by atoms with Crippen molar-refractivity contribution in [1.82, 2.24) is 5.43 Å². The lowest BCUT2D eigenvalue weighted by Crippen LogP contribution is -2.20. The summed E-state index contributed by atoms with van der Waals surface area (Å²) in [6.45, 7) is 6.58. The van der Waals surface area contributed by atoms with Crippen LogP contribution in [0.15, 0.2) is 53.6 Å². The first kappa shape index (κ1) is 17.2. The molecule has 0 bridgehead atoms. The number of hydrogen-bond donors (Lipinski definition) is 2. The summed E-state index contributed by atoms with van der Waals surface area (Å²) in [4.78, 5) is 12.2. The molecular formula is C21H24N2O2. The van der Waals surface area contributed by atoms with Crippen LogP contribution in [0, 0.1) is 5.92 Å². The van der Waals surface area contributed by atoms with Crippen molar-refractivity contribution < 1.29 is 9.90 Å². The molecule has 0 aliphatic heterocycles. The maximum Gasteiger partial charge on any atom is 0.243 e. The summed E-state index contributed by atoms with van der Waals surface area (Å²) in [7, 11) is 0. The van der Waals surface area contributed by atoms with Crippen molar-refractivity contribution in [3.63, 3.8) is 0 Å². The number of rotatable bonds is 4. The predicted molar refractivity (Wildman–Crippen MR) is 99.8 cm³/mol. The molecule has 1 aliphatic carbocycles. The number of aromatic hydroxyl groups is 1. The average Bonchev–Trinajstić information content (AvgIpc) is 3.35. The molecule has 130 valence electrons. The van der Waals surface area contributed by atoms with Crippen LogP contribution < -0.4 is 5.43 Å². The Morgan fingerprint density at radius 3 is 2.56 bits per heavy atom. The van der Waals surface area contributed by atoms with Gasteiger partial charge in [-0.3, -0.25) is 4.79 Å². The van der Waals surface area contributed by atoms with Gasteiger partial charge in [0, 0.05) is 5.92 Å².